The van der Waals surface area contributed by atoms with Crippen LogP contribution in [0.4, 0.5) is 0 Å². The third-order valence-corrected chi connectivity index (χ3v) is 0.747. The maximum absolute atomic E-state index is 9.45. The molecule has 0 amide bonds. The smallest absolute Gasteiger partial charge is 0.00530 e. The van der Waals surface area contributed by atoms with Crippen molar-refractivity contribution in [2.24, 2.45) is 0 Å². The average Bonchev–Trinajstić information content (AvgIpc) is 1.41. The molecule has 0 aromatic rings. The van der Waals surface area contributed by atoms with Gasteiger partial charge in [-0.1, -0.05) is 6.92 Å². The highest BCUT2D eigenvalue weighted by atomic mass is 31.1. The van der Waals surface area contributed by atoms with Crippen LogP contribution in [0.2, 0.25) is 0 Å². The molecule has 0 aliphatic rings. The quantitative estimate of drug-likeness (QED) is 0.464. The van der Waals surface area contributed by atoms with Crippen molar-refractivity contribution in [1.82, 2.24) is 5.09 Å². The highest BCUT2D eigenvalue weighted by Gasteiger charge is 1.55. The van der Waals surface area contributed by atoms with E-state index in [9.17, 15) is 4.89 Å². The molecule has 0 aromatic carbocycles. The Kier molecular flexibility index (Phi) is 4.65. The molecule has 0 heterocycles. The first-order chi connectivity index (χ1) is 2.41. The summed E-state index contributed by atoms with van der Waals surface area (Å²) in [6.07, 6.45) is 0. The number of hydrogen-bond donors (Lipinski definition) is 1. The van der Waals surface area contributed by atoms with E-state index in [2.05, 4.69) is 5.09 Å². The SMILES string of the molecule is CCNP[O-]. The zero-order valence-corrected chi connectivity index (χ0v) is 4.12. The first-order valence-corrected chi connectivity index (χ1v) is 2.42. The normalized spacial score (nSPS) is 10.8. The van der Waals surface area contributed by atoms with Crippen LogP contribution in [0.1, 0.15) is 6.92 Å². The average molecular weight is 92.1 g/mol. The predicted octanol–water partition coefficient (Wildman–Crippen LogP) is -0.535. The highest BCUT2D eigenvalue weighted by Crippen LogP contribution is 1.77. The van der Waals surface area contributed by atoms with E-state index in [1.165, 1.54) is 0 Å². The summed E-state index contributed by atoms with van der Waals surface area (Å²) < 4.78 is 0. The number of nitrogens with one attached hydrogen (secondary N) is 1. The van der Waals surface area contributed by atoms with Gasteiger partial charge >= 0.3 is 0 Å². The topological polar surface area (TPSA) is 35.1 Å². The summed E-state index contributed by atoms with van der Waals surface area (Å²) in [6.45, 7) is 2.70. The fourth-order valence-corrected chi connectivity index (χ4v) is 0.217. The lowest BCUT2D eigenvalue weighted by Crippen LogP contribution is -2.03. The second-order valence-electron chi connectivity index (χ2n) is 0.632. The highest BCUT2D eigenvalue weighted by molar-refractivity contribution is 7.26. The van der Waals surface area contributed by atoms with Gasteiger partial charge in [0.15, 0.2) is 0 Å². The molecule has 0 bridgehead atoms. The lowest BCUT2D eigenvalue weighted by atomic mass is 10.8. The summed E-state index contributed by atoms with van der Waals surface area (Å²) in [4.78, 5) is 9.45. The van der Waals surface area contributed by atoms with Gasteiger partial charge in [0, 0.05) is 0 Å². The molecule has 1 N–H and O–H groups in total. The molecule has 0 saturated heterocycles. The molecule has 0 aliphatic heterocycles. The van der Waals surface area contributed by atoms with Gasteiger partial charge in [0.05, 0.1) is 0 Å². The standard InChI is InChI=1S/C2H7NOP/c1-2-3-5-4/h3,5H,2H2,1H3/q-1. The molecule has 2 nitrogen and oxygen atoms in total. The van der Waals surface area contributed by atoms with Gasteiger partial charge in [-0.05, 0) is 6.54 Å². The maximum atomic E-state index is 9.45. The summed E-state index contributed by atoms with van der Waals surface area (Å²) in [6, 6.07) is 0. The summed E-state index contributed by atoms with van der Waals surface area (Å²) in [5.41, 5.74) is 0. The van der Waals surface area contributed by atoms with Crippen LogP contribution >= 0.6 is 8.96 Å². The van der Waals surface area contributed by atoms with E-state index >= 15 is 0 Å². The first kappa shape index (κ1) is 5.35. The van der Waals surface area contributed by atoms with E-state index < -0.39 is 0 Å². The minimum absolute atomic E-state index is 0.342. The van der Waals surface area contributed by atoms with E-state index in [0.717, 1.165) is 6.54 Å². The molecule has 3 heteroatoms. The van der Waals surface area contributed by atoms with Gasteiger partial charge in [0.25, 0.3) is 0 Å². The molecule has 0 fully saturated rings. The molecular weight excluding hydrogens is 85.0 g/mol. The molecule has 1 atom stereocenters. The van der Waals surface area contributed by atoms with Crippen molar-refractivity contribution in [3.8, 4) is 0 Å². The molecule has 0 radical (unpaired) electrons. The first-order valence-electron chi connectivity index (χ1n) is 1.51. The van der Waals surface area contributed by atoms with Gasteiger partial charge in [-0.3, -0.25) is 0 Å². The van der Waals surface area contributed by atoms with Gasteiger partial charge in [0.2, 0.25) is 0 Å². The largest absolute Gasteiger partial charge is 0.820 e. The van der Waals surface area contributed by atoms with Crippen LogP contribution in [-0.4, -0.2) is 6.54 Å². The summed E-state index contributed by atoms with van der Waals surface area (Å²) >= 11 is 0. The lowest BCUT2D eigenvalue weighted by Gasteiger charge is -2.00. The summed E-state index contributed by atoms with van der Waals surface area (Å²) in [5.74, 6) is 0. The van der Waals surface area contributed by atoms with Crippen molar-refractivity contribution < 1.29 is 4.89 Å². The zero-order chi connectivity index (χ0) is 4.12. The second-order valence-corrected chi connectivity index (χ2v) is 1.19. The van der Waals surface area contributed by atoms with E-state index in [4.69, 9.17) is 0 Å². The molecule has 0 spiro atoms. The Morgan fingerprint density at radius 2 is 2.60 bits per heavy atom. The lowest BCUT2D eigenvalue weighted by molar-refractivity contribution is -0.152. The van der Waals surface area contributed by atoms with Gasteiger partial charge < -0.3 is 9.98 Å². The van der Waals surface area contributed by atoms with Crippen molar-refractivity contribution in [3.05, 3.63) is 0 Å². The van der Waals surface area contributed by atoms with E-state index in [1.54, 1.807) is 0 Å². The Bertz CT molecular complexity index is 17.1. The van der Waals surface area contributed by atoms with E-state index in [1.807, 2.05) is 6.92 Å². The minimum atomic E-state index is -0.342. The fourth-order valence-electron chi connectivity index (χ4n) is 0.0722. The molecule has 32 valence electrons. The van der Waals surface area contributed by atoms with Crippen molar-refractivity contribution in [2.75, 3.05) is 6.54 Å². The third-order valence-electron chi connectivity index (χ3n) is 0.249. The van der Waals surface area contributed by atoms with E-state index in [0.29, 0.717) is 0 Å². The van der Waals surface area contributed by atoms with Gasteiger partial charge in [0.1, 0.15) is 0 Å². The zero-order valence-electron chi connectivity index (χ0n) is 3.12. The molecule has 0 aromatic heterocycles. The van der Waals surface area contributed by atoms with Crippen LogP contribution in [0.25, 0.3) is 0 Å². The molecule has 1 unspecified atom stereocenters. The third kappa shape index (κ3) is 4.35. The summed E-state index contributed by atoms with van der Waals surface area (Å²) in [5, 5.41) is 2.58. The molecule has 5 heavy (non-hydrogen) atoms. The Hall–Kier alpha value is 0.350. The molecule has 0 rings (SSSR count). The van der Waals surface area contributed by atoms with Gasteiger partial charge in [-0.25, -0.2) is 0 Å². The van der Waals surface area contributed by atoms with Crippen LogP contribution in [0.5, 0.6) is 0 Å². The maximum Gasteiger partial charge on any atom is -0.00530 e. The van der Waals surface area contributed by atoms with Crippen LogP contribution in [0.3, 0.4) is 0 Å². The minimum Gasteiger partial charge on any atom is -0.820 e. The van der Waals surface area contributed by atoms with Crippen LogP contribution < -0.4 is 9.98 Å². The predicted molar refractivity (Wildman–Crippen MR) is 22.0 cm³/mol. The Morgan fingerprint density at radius 3 is 2.60 bits per heavy atom. The van der Waals surface area contributed by atoms with Gasteiger partial charge in [-0.15, -0.1) is 0 Å². The Balaban J connectivity index is 2.19. The van der Waals surface area contributed by atoms with Crippen LogP contribution in [0.15, 0.2) is 0 Å². The molecular formula is C2H7NOP-. The summed E-state index contributed by atoms with van der Waals surface area (Å²) in [7, 11) is -0.342. The molecule has 0 aliphatic carbocycles. The van der Waals surface area contributed by atoms with Crippen molar-refractivity contribution in [1.29, 1.82) is 0 Å². The van der Waals surface area contributed by atoms with Crippen molar-refractivity contribution in [3.63, 3.8) is 0 Å². The van der Waals surface area contributed by atoms with E-state index in [-0.39, 0.29) is 8.96 Å². The van der Waals surface area contributed by atoms with Crippen LogP contribution in [-0.2, 0) is 0 Å². The monoisotopic (exact) mass is 92.0 g/mol. The number of hydrogen-bond acceptors (Lipinski definition) is 2. The molecule has 0 saturated carbocycles. The second kappa shape index (κ2) is 4.35. The van der Waals surface area contributed by atoms with Gasteiger partial charge in [-0.2, -0.15) is 8.96 Å². The Labute approximate surface area is 33.5 Å². The van der Waals surface area contributed by atoms with Crippen molar-refractivity contribution in [2.45, 2.75) is 6.92 Å². The van der Waals surface area contributed by atoms with Crippen molar-refractivity contribution >= 4 is 8.96 Å². The van der Waals surface area contributed by atoms with Crippen LogP contribution in [0, 0.1) is 0 Å². The Morgan fingerprint density at radius 1 is 2.00 bits per heavy atom. The number of rotatable bonds is 2. The fraction of sp³-hybridized carbons (Fsp3) is 1.00.